The summed E-state index contributed by atoms with van der Waals surface area (Å²) in [5.41, 5.74) is 2.01. The third-order valence-corrected chi connectivity index (χ3v) is 4.54. The number of fused-ring (bicyclic) bond motifs is 2. The molecule has 3 heteroatoms. The Kier molecular flexibility index (Phi) is 2.45. The monoisotopic (exact) mass is 240 g/mol. The molecule has 0 amide bonds. The molecule has 2 aliphatic rings. The first-order valence-corrected chi connectivity index (χ1v) is 6.46. The molecule has 0 saturated heterocycles. The van der Waals surface area contributed by atoms with Gasteiger partial charge in [-0.05, 0) is 24.3 Å². The maximum Gasteiger partial charge on any atom is 0.0988 e. The molecule has 0 aromatic heterocycles. The number of hydrogen-bond donors (Lipinski definition) is 0. The molecular formula is C14H12N2S. The van der Waals surface area contributed by atoms with E-state index in [1.807, 2.05) is 17.8 Å². The predicted octanol–water partition coefficient (Wildman–Crippen LogP) is 2.99. The molecule has 84 valence electrons. The van der Waals surface area contributed by atoms with Crippen LogP contribution in [0.1, 0.15) is 0 Å². The van der Waals surface area contributed by atoms with E-state index >= 15 is 0 Å². The van der Waals surface area contributed by atoms with E-state index in [-0.39, 0.29) is 6.04 Å². The van der Waals surface area contributed by atoms with Crippen LogP contribution in [-0.2, 0) is 0 Å². The Morgan fingerprint density at radius 1 is 1.35 bits per heavy atom. The fourth-order valence-corrected chi connectivity index (χ4v) is 3.66. The number of nitrogens with zero attached hydrogens (tertiary/aromatic N) is 2. The average molecular weight is 240 g/mol. The fraction of sp³-hybridized carbons (Fsp3) is 0.214. The normalized spacial score (nSPS) is 25.6. The molecule has 1 aromatic carbocycles. The third-order valence-electron chi connectivity index (χ3n) is 3.24. The summed E-state index contributed by atoms with van der Waals surface area (Å²) < 4.78 is 0. The standard InChI is InChI=1S/C14H12N2S/c1-16-11-4-2-3-5-13(11)17-14-7-6-10(9-15)8-12(14)16/h2-8,12,14H,1H3. The van der Waals surface area contributed by atoms with E-state index in [0.717, 1.165) is 5.57 Å². The summed E-state index contributed by atoms with van der Waals surface area (Å²) in [7, 11) is 2.10. The number of thioether (sulfide) groups is 1. The molecule has 1 aliphatic carbocycles. The summed E-state index contributed by atoms with van der Waals surface area (Å²) in [4.78, 5) is 3.58. The summed E-state index contributed by atoms with van der Waals surface area (Å²) in [6.07, 6.45) is 6.13. The summed E-state index contributed by atoms with van der Waals surface area (Å²) in [5.74, 6) is 0. The van der Waals surface area contributed by atoms with Crippen LogP contribution in [0.2, 0.25) is 0 Å². The molecule has 0 spiro atoms. The topological polar surface area (TPSA) is 27.0 Å². The molecule has 17 heavy (non-hydrogen) atoms. The van der Waals surface area contributed by atoms with Crippen LogP contribution in [0.15, 0.2) is 53.0 Å². The number of anilines is 1. The highest BCUT2D eigenvalue weighted by atomic mass is 32.2. The van der Waals surface area contributed by atoms with Crippen molar-refractivity contribution in [3.8, 4) is 6.07 Å². The summed E-state index contributed by atoms with van der Waals surface area (Å²) >= 11 is 1.87. The van der Waals surface area contributed by atoms with Crippen LogP contribution in [0.25, 0.3) is 0 Å². The lowest BCUT2D eigenvalue weighted by Crippen LogP contribution is -2.41. The van der Waals surface area contributed by atoms with Crippen molar-refractivity contribution in [3.63, 3.8) is 0 Å². The Hall–Kier alpha value is -1.66. The van der Waals surface area contributed by atoms with Crippen molar-refractivity contribution >= 4 is 17.4 Å². The molecule has 0 saturated carbocycles. The smallest absolute Gasteiger partial charge is 0.0988 e. The van der Waals surface area contributed by atoms with Gasteiger partial charge in [-0.3, -0.25) is 0 Å². The Morgan fingerprint density at radius 2 is 2.18 bits per heavy atom. The van der Waals surface area contributed by atoms with Gasteiger partial charge in [-0.1, -0.05) is 18.2 Å². The van der Waals surface area contributed by atoms with E-state index in [4.69, 9.17) is 5.26 Å². The largest absolute Gasteiger partial charge is 0.366 e. The highest BCUT2D eigenvalue weighted by Gasteiger charge is 2.31. The molecular weight excluding hydrogens is 228 g/mol. The fourth-order valence-electron chi connectivity index (χ4n) is 2.32. The van der Waals surface area contributed by atoms with Gasteiger partial charge in [0.05, 0.1) is 23.0 Å². The van der Waals surface area contributed by atoms with Crippen LogP contribution in [0.3, 0.4) is 0 Å². The molecule has 3 rings (SSSR count). The zero-order chi connectivity index (χ0) is 11.8. The molecule has 2 nitrogen and oxygen atoms in total. The SMILES string of the molecule is CN1c2ccccc2SC2C=CC(C#N)=CC21. The number of hydrogen-bond acceptors (Lipinski definition) is 3. The zero-order valence-electron chi connectivity index (χ0n) is 9.50. The van der Waals surface area contributed by atoms with Crippen molar-refractivity contribution in [1.29, 1.82) is 5.26 Å². The van der Waals surface area contributed by atoms with Crippen molar-refractivity contribution < 1.29 is 0 Å². The minimum atomic E-state index is 0.287. The molecule has 2 unspecified atom stereocenters. The van der Waals surface area contributed by atoms with Crippen molar-refractivity contribution in [2.45, 2.75) is 16.2 Å². The van der Waals surface area contributed by atoms with Crippen molar-refractivity contribution in [1.82, 2.24) is 0 Å². The van der Waals surface area contributed by atoms with E-state index in [1.165, 1.54) is 10.6 Å². The van der Waals surface area contributed by atoms with Crippen LogP contribution in [0.4, 0.5) is 5.69 Å². The van der Waals surface area contributed by atoms with Crippen molar-refractivity contribution in [3.05, 3.63) is 48.1 Å². The van der Waals surface area contributed by atoms with E-state index in [2.05, 4.69) is 54.4 Å². The maximum absolute atomic E-state index is 8.97. The molecule has 1 aliphatic heterocycles. The number of para-hydroxylation sites is 1. The first-order chi connectivity index (χ1) is 8.29. The third kappa shape index (κ3) is 1.65. The van der Waals surface area contributed by atoms with E-state index in [9.17, 15) is 0 Å². The molecule has 0 N–H and O–H groups in total. The van der Waals surface area contributed by atoms with Crippen molar-refractivity contribution in [2.75, 3.05) is 11.9 Å². The first kappa shape index (κ1) is 10.5. The Morgan fingerprint density at radius 3 is 3.00 bits per heavy atom. The summed E-state index contributed by atoms with van der Waals surface area (Å²) in [6, 6.07) is 10.9. The number of nitriles is 1. The van der Waals surface area contributed by atoms with Gasteiger partial charge in [0.15, 0.2) is 0 Å². The van der Waals surface area contributed by atoms with Gasteiger partial charge in [0.2, 0.25) is 0 Å². The number of rotatable bonds is 0. The second-order valence-electron chi connectivity index (χ2n) is 4.24. The molecule has 0 fully saturated rings. The summed E-state index contributed by atoms with van der Waals surface area (Å²) in [6.45, 7) is 0. The van der Waals surface area contributed by atoms with E-state index < -0.39 is 0 Å². The second kappa shape index (κ2) is 3.97. The lowest BCUT2D eigenvalue weighted by molar-refractivity contribution is 0.743. The van der Waals surface area contributed by atoms with Crippen LogP contribution in [0, 0.1) is 11.3 Å². The van der Waals surface area contributed by atoms with Gasteiger partial charge < -0.3 is 4.90 Å². The van der Waals surface area contributed by atoms with Crippen LogP contribution in [0.5, 0.6) is 0 Å². The minimum Gasteiger partial charge on any atom is -0.366 e. The van der Waals surface area contributed by atoms with Gasteiger partial charge in [-0.2, -0.15) is 5.26 Å². The average Bonchev–Trinajstić information content (AvgIpc) is 2.39. The zero-order valence-corrected chi connectivity index (χ0v) is 10.3. The Labute approximate surface area is 105 Å². The predicted molar refractivity (Wildman–Crippen MR) is 71.1 cm³/mol. The van der Waals surface area contributed by atoms with Crippen LogP contribution in [-0.4, -0.2) is 18.3 Å². The Balaban J connectivity index is 2.04. The van der Waals surface area contributed by atoms with Crippen LogP contribution < -0.4 is 4.90 Å². The van der Waals surface area contributed by atoms with Crippen molar-refractivity contribution in [2.24, 2.45) is 0 Å². The van der Waals surface area contributed by atoms with E-state index in [1.54, 1.807) is 0 Å². The first-order valence-electron chi connectivity index (χ1n) is 5.58. The highest BCUT2D eigenvalue weighted by molar-refractivity contribution is 8.00. The second-order valence-corrected chi connectivity index (χ2v) is 5.46. The van der Waals surface area contributed by atoms with Gasteiger partial charge in [-0.15, -0.1) is 11.8 Å². The van der Waals surface area contributed by atoms with Gasteiger partial charge in [0.1, 0.15) is 0 Å². The van der Waals surface area contributed by atoms with Crippen LogP contribution >= 0.6 is 11.8 Å². The van der Waals surface area contributed by atoms with Gasteiger partial charge >= 0.3 is 0 Å². The molecule has 1 aromatic rings. The Bertz CT molecular complexity index is 554. The molecule has 2 atom stereocenters. The van der Waals surface area contributed by atoms with Gasteiger partial charge in [0, 0.05) is 17.5 Å². The van der Waals surface area contributed by atoms with E-state index in [0.29, 0.717) is 5.25 Å². The molecule has 1 heterocycles. The number of benzene rings is 1. The number of likely N-dealkylation sites (N-methyl/N-ethyl adjacent to an activating group) is 1. The minimum absolute atomic E-state index is 0.287. The van der Waals surface area contributed by atoms with Gasteiger partial charge in [0.25, 0.3) is 0 Å². The molecule has 0 radical (unpaired) electrons. The summed E-state index contributed by atoms with van der Waals surface area (Å²) in [5, 5.41) is 9.38. The lowest BCUT2D eigenvalue weighted by Gasteiger charge is -2.39. The number of allylic oxidation sites excluding steroid dienone is 2. The van der Waals surface area contributed by atoms with Gasteiger partial charge in [-0.25, -0.2) is 0 Å². The highest BCUT2D eigenvalue weighted by Crippen LogP contribution is 2.43. The quantitative estimate of drug-likeness (QED) is 0.697. The lowest BCUT2D eigenvalue weighted by atomic mass is 10.0. The molecule has 0 bridgehead atoms. The maximum atomic E-state index is 8.97.